The van der Waals surface area contributed by atoms with E-state index in [1.165, 1.54) is 6.42 Å². The summed E-state index contributed by atoms with van der Waals surface area (Å²) in [5, 5.41) is 13.1. The Bertz CT molecular complexity index is 161. The van der Waals surface area contributed by atoms with E-state index in [9.17, 15) is 5.11 Å². The second-order valence-corrected chi connectivity index (χ2v) is 4.25. The fraction of sp³-hybridized carbons (Fsp3) is 1.00. The van der Waals surface area contributed by atoms with Crippen molar-refractivity contribution in [1.29, 1.82) is 0 Å². The van der Waals surface area contributed by atoms with Gasteiger partial charge in [-0.15, -0.1) is 0 Å². The van der Waals surface area contributed by atoms with Crippen LogP contribution in [0.4, 0.5) is 0 Å². The first kappa shape index (κ1) is 6.62. The zero-order valence-electron chi connectivity index (χ0n) is 6.65. The molecular formula is C8H15NO. The Kier molecular flexibility index (Phi) is 1.03. The van der Waals surface area contributed by atoms with Gasteiger partial charge in [0.2, 0.25) is 0 Å². The van der Waals surface area contributed by atoms with E-state index >= 15 is 0 Å². The summed E-state index contributed by atoms with van der Waals surface area (Å²) in [5.41, 5.74) is -0.228. The van der Waals surface area contributed by atoms with Gasteiger partial charge in [-0.3, -0.25) is 0 Å². The Morgan fingerprint density at radius 1 is 1.60 bits per heavy atom. The third-order valence-electron chi connectivity index (χ3n) is 3.28. The molecule has 0 aromatic rings. The van der Waals surface area contributed by atoms with Gasteiger partial charge in [-0.1, -0.05) is 0 Å². The van der Waals surface area contributed by atoms with Crippen molar-refractivity contribution >= 4 is 0 Å². The number of aliphatic hydroxyl groups is 1. The highest BCUT2D eigenvalue weighted by Crippen LogP contribution is 2.61. The number of hydrogen-bond donors (Lipinski definition) is 2. The van der Waals surface area contributed by atoms with Crippen LogP contribution in [0.25, 0.3) is 0 Å². The molecule has 0 aromatic heterocycles. The number of hydrogen-bond acceptors (Lipinski definition) is 2. The van der Waals surface area contributed by atoms with Crippen LogP contribution in [-0.4, -0.2) is 23.8 Å². The minimum atomic E-state index is -0.471. The molecule has 0 amide bonds. The molecule has 0 aromatic carbocycles. The first-order valence-corrected chi connectivity index (χ1v) is 3.99. The van der Waals surface area contributed by atoms with E-state index in [4.69, 9.17) is 0 Å². The molecule has 1 saturated carbocycles. The molecule has 2 unspecified atom stereocenters. The predicted octanol–water partition coefficient (Wildman–Crippen LogP) is 0.367. The van der Waals surface area contributed by atoms with Crippen molar-refractivity contribution in [3.63, 3.8) is 0 Å². The molecule has 10 heavy (non-hydrogen) atoms. The van der Waals surface area contributed by atoms with Crippen molar-refractivity contribution in [2.24, 2.45) is 11.3 Å². The standard InChI is InChI=1S/C8H15NO/c1-7(2,10)8-3-6(8)4-9-5-8/h6,9-10H,3-5H2,1-2H3. The van der Waals surface area contributed by atoms with Crippen molar-refractivity contribution in [2.45, 2.75) is 25.9 Å². The van der Waals surface area contributed by atoms with Gasteiger partial charge in [0.25, 0.3) is 0 Å². The first-order chi connectivity index (χ1) is 4.56. The molecule has 0 bridgehead atoms. The number of rotatable bonds is 1. The van der Waals surface area contributed by atoms with E-state index in [0.29, 0.717) is 0 Å². The van der Waals surface area contributed by atoms with Crippen LogP contribution in [0.1, 0.15) is 20.3 Å². The Balaban J connectivity index is 2.18. The number of nitrogens with one attached hydrogen (secondary N) is 1. The van der Waals surface area contributed by atoms with Gasteiger partial charge < -0.3 is 10.4 Å². The van der Waals surface area contributed by atoms with Gasteiger partial charge in [0, 0.05) is 12.0 Å². The second kappa shape index (κ2) is 1.56. The fourth-order valence-corrected chi connectivity index (χ4v) is 2.30. The summed E-state index contributed by atoms with van der Waals surface area (Å²) in [5.74, 6) is 0.757. The highest BCUT2D eigenvalue weighted by atomic mass is 16.3. The molecule has 2 rings (SSSR count). The Labute approximate surface area is 61.6 Å². The molecule has 2 atom stereocenters. The van der Waals surface area contributed by atoms with Crippen molar-refractivity contribution in [1.82, 2.24) is 5.32 Å². The zero-order chi connectivity index (χ0) is 7.41. The maximum absolute atomic E-state index is 9.78. The van der Waals surface area contributed by atoms with E-state index in [1.54, 1.807) is 0 Å². The normalized spacial score (nSPS) is 45.3. The lowest BCUT2D eigenvalue weighted by Gasteiger charge is -2.27. The highest BCUT2D eigenvalue weighted by Gasteiger charge is 2.64. The summed E-state index contributed by atoms with van der Waals surface area (Å²) < 4.78 is 0. The van der Waals surface area contributed by atoms with Gasteiger partial charge in [-0.05, 0) is 32.7 Å². The maximum atomic E-state index is 9.78. The molecule has 2 fully saturated rings. The molecule has 1 saturated heterocycles. The molecule has 2 heteroatoms. The predicted molar refractivity (Wildman–Crippen MR) is 39.7 cm³/mol. The summed E-state index contributed by atoms with van der Waals surface area (Å²) in [7, 11) is 0. The summed E-state index contributed by atoms with van der Waals surface area (Å²) >= 11 is 0. The van der Waals surface area contributed by atoms with Crippen LogP contribution in [0.15, 0.2) is 0 Å². The quantitative estimate of drug-likeness (QED) is 0.553. The average Bonchev–Trinajstić information content (AvgIpc) is 2.36. The van der Waals surface area contributed by atoms with E-state index in [2.05, 4.69) is 5.32 Å². The zero-order valence-corrected chi connectivity index (χ0v) is 6.65. The highest BCUT2D eigenvalue weighted by molar-refractivity contribution is 5.16. The van der Waals surface area contributed by atoms with Gasteiger partial charge in [-0.2, -0.15) is 0 Å². The molecule has 1 aliphatic heterocycles. The van der Waals surface area contributed by atoms with Crippen LogP contribution >= 0.6 is 0 Å². The topological polar surface area (TPSA) is 32.3 Å². The van der Waals surface area contributed by atoms with Crippen LogP contribution in [-0.2, 0) is 0 Å². The van der Waals surface area contributed by atoms with Gasteiger partial charge in [0.05, 0.1) is 5.60 Å². The van der Waals surface area contributed by atoms with Crippen molar-refractivity contribution < 1.29 is 5.11 Å². The summed E-state index contributed by atoms with van der Waals surface area (Å²) in [6, 6.07) is 0. The number of piperidine rings is 1. The Morgan fingerprint density at radius 2 is 2.30 bits per heavy atom. The van der Waals surface area contributed by atoms with Crippen LogP contribution in [0, 0.1) is 11.3 Å². The summed E-state index contributed by atoms with van der Waals surface area (Å²) in [6.07, 6.45) is 1.23. The lowest BCUT2D eigenvalue weighted by atomic mass is 9.87. The van der Waals surface area contributed by atoms with Crippen molar-refractivity contribution in [3.05, 3.63) is 0 Å². The van der Waals surface area contributed by atoms with Crippen LogP contribution in [0.5, 0.6) is 0 Å². The summed E-state index contributed by atoms with van der Waals surface area (Å²) in [6.45, 7) is 5.99. The Morgan fingerprint density at radius 3 is 2.50 bits per heavy atom. The molecule has 0 spiro atoms. The van der Waals surface area contributed by atoms with Crippen LogP contribution < -0.4 is 5.32 Å². The largest absolute Gasteiger partial charge is 0.390 e. The molecule has 1 heterocycles. The molecule has 58 valence electrons. The lowest BCUT2D eigenvalue weighted by Crippen LogP contribution is -2.36. The van der Waals surface area contributed by atoms with Crippen molar-refractivity contribution in [3.8, 4) is 0 Å². The minimum Gasteiger partial charge on any atom is -0.390 e. The molecule has 2 aliphatic rings. The molecule has 1 aliphatic carbocycles. The van der Waals surface area contributed by atoms with Gasteiger partial charge in [0.1, 0.15) is 0 Å². The second-order valence-electron chi connectivity index (χ2n) is 4.25. The minimum absolute atomic E-state index is 0.243. The monoisotopic (exact) mass is 141 g/mol. The van der Waals surface area contributed by atoms with Crippen LogP contribution in [0.2, 0.25) is 0 Å². The summed E-state index contributed by atoms with van der Waals surface area (Å²) in [4.78, 5) is 0. The smallest absolute Gasteiger partial charge is 0.0663 e. The third-order valence-corrected chi connectivity index (χ3v) is 3.28. The van der Waals surface area contributed by atoms with E-state index in [1.807, 2.05) is 13.8 Å². The van der Waals surface area contributed by atoms with E-state index < -0.39 is 5.60 Å². The Hall–Kier alpha value is -0.0800. The maximum Gasteiger partial charge on any atom is 0.0663 e. The molecule has 2 nitrogen and oxygen atoms in total. The molecule has 0 radical (unpaired) electrons. The van der Waals surface area contributed by atoms with E-state index in [0.717, 1.165) is 19.0 Å². The van der Waals surface area contributed by atoms with Crippen molar-refractivity contribution in [2.75, 3.05) is 13.1 Å². The van der Waals surface area contributed by atoms with Gasteiger partial charge in [0.15, 0.2) is 0 Å². The SMILES string of the molecule is CC(C)(O)C12CNCC1C2. The van der Waals surface area contributed by atoms with E-state index in [-0.39, 0.29) is 5.41 Å². The van der Waals surface area contributed by atoms with Gasteiger partial charge >= 0.3 is 0 Å². The average molecular weight is 141 g/mol. The third kappa shape index (κ3) is 0.611. The molecular weight excluding hydrogens is 126 g/mol. The first-order valence-electron chi connectivity index (χ1n) is 3.99. The van der Waals surface area contributed by atoms with Crippen LogP contribution in [0.3, 0.4) is 0 Å². The fourth-order valence-electron chi connectivity index (χ4n) is 2.30. The van der Waals surface area contributed by atoms with Gasteiger partial charge in [-0.25, -0.2) is 0 Å². The lowest BCUT2D eigenvalue weighted by molar-refractivity contribution is 0.00445. The number of fused-ring (bicyclic) bond motifs is 1. The molecule has 2 N–H and O–H groups in total.